The maximum Gasteiger partial charge on any atom is 0.242 e. The molecule has 0 spiro atoms. The summed E-state index contributed by atoms with van der Waals surface area (Å²) in [6.07, 6.45) is 4.61. The Morgan fingerprint density at radius 1 is 1.15 bits per heavy atom. The first kappa shape index (κ1) is 17.9. The maximum atomic E-state index is 13.0. The number of benzene rings is 1. The number of carbonyl (C=O) groups excluding carboxylic acids is 1. The van der Waals surface area contributed by atoms with Gasteiger partial charge >= 0.3 is 0 Å². The van der Waals surface area contributed by atoms with Crippen LogP contribution in [-0.4, -0.2) is 61.7 Å². The second-order valence-electron chi connectivity index (χ2n) is 6.99. The standard InChI is InChI=1S/C21H26N4O2/c26-21(23-9-11-24-10-7-17-4-1-2-6-19(17)24)20(18-5-3-8-22-16-18)25-12-14-27-15-13-25/h1-6,8,16,20H,7,9-15H2,(H,23,26)/t20-/m0/s1. The summed E-state index contributed by atoms with van der Waals surface area (Å²) >= 11 is 0. The molecular weight excluding hydrogens is 340 g/mol. The SMILES string of the molecule is O=C(NCCN1CCc2ccccc21)[C@H](c1cccnc1)N1CCOCC1. The summed E-state index contributed by atoms with van der Waals surface area (Å²) in [5.41, 5.74) is 3.62. The van der Waals surface area contributed by atoms with E-state index in [0.717, 1.165) is 38.2 Å². The molecule has 1 aromatic heterocycles. The lowest BCUT2D eigenvalue weighted by atomic mass is 10.1. The van der Waals surface area contributed by atoms with Crippen LogP contribution in [0.2, 0.25) is 0 Å². The molecular formula is C21H26N4O2. The average Bonchev–Trinajstić information content (AvgIpc) is 3.13. The van der Waals surface area contributed by atoms with Gasteiger partial charge in [0.15, 0.2) is 0 Å². The van der Waals surface area contributed by atoms with Crippen LogP contribution >= 0.6 is 0 Å². The van der Waals surface area contributed by atoms with E-state index < -0.39 is 0 Å². The quantitative estimate of drug-likeness (QED) is 0.842. The van der Waals surface area contributed by atoms with Gasteiger partial charge in [0, 0.05) is 50.8 Å². The van der Waals surface area contributed by atoms with Crippen LogP contribution in [0.3, 0.4) is 0 Å². The Morgan fingerprint density at radius 2 is 2.00 bits per heavy atom. The van der Waals surface area contributed by atoms with Gasteiger partial charge in [-0.3, -0.25) is 14.7 Å². The van der Waals surface area contributed by atoms with Crippen molar-refractivity contribution in [1.82, 2.24) is 15.2 Å². The number of para-hydroxylation sites is 1. The number of pyridine rings is 1. The molecule has 1 fully saturated rings. The van der Waals surface area contributed by atoms with E-state index in [1.165, 1.54) is 11.3 Å². The number of amides is 1. The lowest BCUT2D eigenvalue weighted by Gasteiger charge is -2.33. The minimum absolute atomic E-state index is 0.0392. The molecule has 2 aliphatic rings. The number of anilines is 1. The lowest BCUT2D eigenvalue weighted by molar-refractivity contribution is -0.128. The molecule has 0 unspecified atom stereocenters. The highest BCUT2D eigenvalue weighted by Gasteiger charge is 2.29. The number of fused-ring (bicyclic) bond motifs is 1. The predicted octanol–water partition coefficient (Wildman–Crippen LogP) is 1.63. The smallest absolute Gasteiger partial charge is 0.242 e. The minimum Gasteiger partial charge on any atom is -0.379 e. The molecule has 4 rings (SSSR count). The highest BCUT2D eigenvalue weighted by Crippen LogP contribution is 2.27. The molecule has 0 aliphatic carbocycles. The van der Waals surface area contributed by atoms with Crippen molar-refractivity contribution < 1.29 is 9.53 Å². The zero-order chi connectivity index (χ0) is 18.5. The first-order valence-electron chi connectivity index (χ1n) is 9.65. The topological polar surface area (TPSA) is 57.7 Å². The Bertz CT molecular complexity index is 762. The molecule has 2 aliphatic heterocycles. The molecule has 1 atom stereocenters. The van der Waals surface area contributed by atoms with E-state index in [0.29, 0.717) is 19.8 Å². The first-order valence-corrected chi connectivity index (χ1v) is 9.65. The van der Waals surface area contributed by atoms with Crippen molar-refractivity contribution in [3.05, 3.63) is 59.9 Å². The highest BCUT2D eigenvalue weighted by molar-refractivity contribution is 5.83. The van der Waals surface area contributed by atoms with Crippen molar-refractivity contribution in [3.8, 4) is 0 Å². The van der Waals surface area contributed by atoms with Crippen molar-refractivity contribution in [2.75, 3.05) is 50.8 Å². The maximum absolute atomic E-state index is 13.0. The number of nitrogens with one attached hydrogen (secondary N) is 1. The number of aromatic nitrogens is 1. The summed E-state index contributed by atoms with van der Waals surface area (Å²) in [5.74, 6) is 0.0392. The number of rotatable bonds is 6. The molecule has 0 radical (unpaired) electrons. The van der Waals surface area contributed by atoms with Crippen molar-refractivity contribution in [2.45, 2.75) is 12.5 Å². The molecule has 142 valence electrons. The van der Waals surface area contributed by atoms with Gasteiger partial charge in [-0.15, -0.1) is 0 Å². The van der Waals surface area contributed by atoms with E-state index >= 15 is 0 Å². The molecule has 1 saturated heterocycles. The predicted molar refractivity (Wildman–Crippen MR) is 105 cm³/mol. The van der Waals surface area contributed by atoms with Gasteiger partial charge in [-0.05, 0) is 29.7 Å². The second-order valence-corrected chi connectivity index (χ2v) is 6.99. The number of carbonyl (C=O) groups is 1. The number of hydrogen-bond acceptors (Lipinski definition) is 5. The summed E-state index contributed by atoms with van der Waals surface area (Å²) in [4.78, 5) is 21.8. The summed E-state index contributed by atoms with van der Waals surface area (Å²) in [6.45, 7) is 5.31. The van der Waals surface area contributed by atoms with Gasteiger partial charge < -0.3 is 15.0 Å². The molecule has 1 amide bonds. The Balaban J connectivity index is 1.39. The molecule has 27 heavy (non-hydrogen) atoms. The van der Waals surface area contributed by atoms with Crippen LogP contribution in [0.25, 0.3) is 0 Å². The third kappa shape index (κ3) is 4.12. The third-order valence-corrected chi connectivity index (χ3v) is 5.32. The van der Waals surface area contributed by atoms with E-state index in [-0.39, 0.29) is 11.9 Å². The molecule has 6 heteroatoms. The summed E-state index contributed by atoms with van der Waals surface area (Å²) in [6, 6.07) is 12.1. The van der Waals surface area contributed by atoms with Crippen LogP contribution in [0.15, 0.2) is 48.8 Å². The molecule has 1 aromatic carbocycles. The number of ether oxygens (including phenoxy) is 1. The van der Waals surface area contributed by atoms with Crippen LogP contribution < -0.4 is 10.2 Å². The fourth-order valence-electron chi connectivity index (χ4n) is 3.95. The van der Waals surface area contributed by atoms with Crippen molar-refractivity contribution in [3.63, 3.8) is 0 Å². The molecule has 0 bridgehead atoms. The van der Waals surface area contributed by atoms with E-state index in [2.05, 4.69) is 44.4 Å². The van der Waals surface area contributed by atoms with E-state index in [9.17, 15) is 4.79 Å². The van der Waals surface area contributed by atoms with E-state index in [1.807, 2.05) is 12.1 Å². The van der Waals surface area contributed by atoms with Crippen LogP contribution in [0.5, 0.6) is 0 Å². The number of nitrogens with zero attached hydrogens (tertiary/aromatic N) is 3. The summed E-state index contributed by atoms with van der Waals surface area (Å²) in [5, 5.41) is 3.15. The summed E-state index contributed by atoms with van der Waals surface area (Å²) in [7, 11) is 0. The van der Waals surface area contributed by atoms with E-state index in [1.54, 1.807) is 12.4 Å². The third-order valence-electron chi connectivity index (χ3n) is 5.32. The van der Waals surface area contributed by atoms with Gasteiger partial charge in [0.05, 0.1) is 13.2 Å². The van der Waals surface area contributed by atoms with Crippen LogP contribution in [0, 0.1) is 0 Å². The summed E-state index contributed by atoms with van der Waals surface area (Å²) < 4.78 is 5.45. The van der Waals surface area contributed by atoms with Gasteiger partial charge in [-0.25, -0.2) is 0 Å². The van der Waals surface area contributed by atoms with Crippen molar-refractivity contribution in [2.24, 2.45) is 0 Å². The van der Waals surface area contributed by atoms with Gasteiger partial charge in [-0.1, -0.05) is 24.3 Å². The molecule has 0 saturated carbocycles. The Labute approximate surface area is 160 Å². The molecule has 6 nitrogen and oxygen atoms in total. The van der Waals surface area contributed by atoms with Crippen LogP contribution in [0.1, 0.15) is 17.2 Å². The molecule has 3 heterocycles. The Kier molecular flexibility index (Phi) is 5.65. The zero-order valence-corrected chi connectivity index (χ0v) is 15.5. The average molecular weight is 366 g/mol. The van der Waals surface area contributed by atoms with Gasteiger partial charge in [0.2, 0.25) is 5.91 Å². The van der Waals surface area contributed by atoms with Crippen molar-refractivity contribution in [1.29, 1.82) is 0 Å². The fraction of sp³-hybridized carbons (Fsp3) is 0.429. The normalized spacial score (nSPS) is 18.1. The lowest BCUT2D eigenvalue weighted by Crippen LogP contribution is -2.47. The zero-order valence-electron chi connectivity index (χ0n) is 15.5. The number of hydrogen-bond donors (Lipinski definition) is 1. The highest BCUT2D eigenvalue weighted by atomic mass is 16.5. The minimum atomic E-state index is -0.312. The molecule has 2 aromatic rings. The van der Waals surface area contributed by atoms with Crippen LogP contribution in [-0.2, 0) is 16.0 Å². The second kappa shape index (κ2) is 8.50. The van der Waals surface area contributed by atoms with Gasteiger partial charge in [-0.2, -0.15) is 0 Å². The largest absolute Gasteiger partial charge is 0.379 e. The first-order chi connectivity index (χ1) is 13.3. The number of morpholine rings is 1. The van der Waals surface area contributed by atoms with E-state index in [4.69, 9.17) is 4.74 Å². The Morgan fingerprint density at radius 3 is 2.81 bits per heavy atom. The Hall–Kier alpha value is -2.44. The van der Waals surface area contributed by atoms with Gasteiger partial charge in [0.25, 0.3) is 0 Å². The fourth-order valence-corrected chi connectivity index (χ4v) is 3.95. The van der Waals surface area contributed by atoms with Crippen molar-refractivity contribution >= 4 is 11.6 Å². The molecule has 1 N–H and O–H groups in total. The van der Waals surface area contributed by atoms with Gasteiger partial charge in [0.1, 0.15) is 6.04 Å². The monoisotopic (exact) mass is 366 g/mol. The van der Waals surface area contributed by atoms with Crippen LogP contribution in [0.4, 0.5) is 5.69 Å².